The van der Waals surface area contributed by atoms with Crippen molar-refractivity contribution in [2.45, 2.75) is 90.0 Å². The molecule has 40 heavy (non-hydrogen) atoms. The molecular formula is C33H43NO5Si. The van der Waals surface area contributed by atoms with Crippen LogP contribution in [0.2, 0.25) is 5.04 Å². The maximum absolute atomic E-state index is 12.5. The molecule has 2 aliphatic rings. The Morgan fingerprint density at radius 3 is 2.08 bits per heavy atom. The van der Waals surface area contributed by atoms with Gasteiger partial charge < -0.3 is 19.2 Å². The summed E-state index contributed by atoms with van der Waals surface area (Å²) in [4.78, 5) is 24.9. The van der Waals surface area contributed by atoms with E-state index in [2.05, 4.69) is 98.9 Å². The smallest absolute Gasteiger partial charge is 0.350 e. The van der Waals surface area contributed by atoms with Crippen LogP contribution in [0, 0.1) is 0 Å². The van der Waals surface area contributed by atoms with Gasteiger partial charge in [-0.05, 0) is 53.9 Å². The van der Waals surface area contributed by atoms with E-state index in [0.717, 1.165) is 32.1 Å². The number of esters is 2. The van der Waals surface area contributed by atoms with Gasteiger partial charge in [0.2, 0.25) is 0 Å². The lowest BCUT2D eigenvalue weighted by molar-refractivity contribution is -0.222. The van der Waals surface area contributed by atoms with Crippen LogP contribution in [0.5, 0.6) is 0 Å². The van der Waals surface area contributed by atoms with Crippen molar-refractivity contribution in [2.75, 3.05) is 6.61 Å². The minimum atomic E-state index is -2.53. The molecule has 1 atom stereocenters. The van der Waals surface area contributed by atoms with Crippen molar-refractivity contribution < 1.29 is 23.5 Å². The van der Waals surface area contributed by atoms with Crippen molar-refractivity contribution in [1.29, 1.82) is 0 Å². The Morgan fingerprint density at radius 1 is 0.950 bits per heavy atom. The van der Waals surface area contributed by atoms with Crippen LogP contribution in [0.25, 0.3) is 0 Å². The summed E-state index contributed by atoms with van der Waals surface area (Å²) >= 11 is 0. The molecule has 1 unspecified atom stereocenters. The number of hydrogen-bond acceptors (Lipinski definition) is 6. The number of benzene rings is 2. The van der Waals surface area contributed by atoms with Crippen LogP contribution in [0.1, 0.15) is 73.1 Å². The molecule has 1 N–H and O–H groups in total. The van der Waals surface area contributed by atoms with Crippen LogP contribution >= 0.6 is 0 Å². The normalized spacial score (nSPS) is 19.8. The predicted octanol–water partition coefficient (Wildman–Crippen LogP) is 5.52. The van der Waals surface area contributed by atoms with Gasteiger partial charge in [0.25, 0.3) is 14.1 Å². The van der Waals surface area contributed by atoms with Gasteiger partial charge in [0.15, 0.2) is 5.57 Å². The maximum Gasteiger partial charge on any atom is 0.350 e. The highest BCUT2D eigenvalue weighted by Gasteiger charge is 2.50. The standard InChI is InChI=1S/C33H43NO5Si/c1-32(2,3)40(26-19-11-8-12-20-26,27-21-13-9-14-22-27)37-24-15-7-6-10-17-25-18-16-23-28(34-25)29-30(35)38-33(4,5)39-31(29)36/h7-9,11-15,19-22,25,34H,6,10,16-18,23-24H2,1-5H3/b15-7-. The van der Waals surface area contributed by atoms with Crippen LogP contribution in [0.15, 0.2) is 84.1 Å². The Labute approximate surface area is 239 Å². The summed E-state index contributed by atoms with van der Waals surface area (Å²) in [6, 6.07) is 21.6. The summed E-state index contributed by atoms with van der Waals surface area (Å²) in [5.41, 5.74) is 0.667. The highest BCUT2D eigenvalue weighted by Crippen LogP contribution is 2.36. The zero-order valence-electron chi connectivity index (χ0n) is 24.5. The van der Waals surface area contributed by atoms with E-state index in [1.54, 1.807) is 13.8 Å². The summed E-state index contributed by atoms with van der Waals surface area (Å²) in [5.74, 6) is -2.43. The fraction of sp³-hybridized carbons (Fsp3) is 0.455. The molecule has 2 aromatic rings. The number of unbranched alkanes of at least 4 members (excludes halogenated alkanes) is 1. The SMILES string of the molecule is CC1(C)OC(=O)C(=C2CCCC(CCC/C=C\CO[Si](c3ccccc3)(c3ccccc3)C(C)(C)C)N2)C(=O)O1. The van der Waals surface area contributed by atoms with Crippen molar-refractivity contribution in [3.63, 3.8) is 0 Å². The van der Waals surface area contributed by atoms with Crippen molar-refractivity contribution >= 4 is 30.6 Å². The third-order valence-electron chi connectivity index (χ3n) is 7.65. The Bertz CT molecular complexity index is 1170. The van der Waals surface area contributed by atoms with Crippen LogP contribution in [-0.2, 0) is 23.5 Å². The second-order valence-corrected chi connectivity index (χ2v) is 16.4. The average Bonchev–Trinajstić information content (AvgIpc) is 2.90. The van der Waals surface area contributed by atoms with Crippen molar-refractivity contribution in [3.05, 3.63) is 84.1 Å². The molecule has 4 rings (SSSR count). The molecule has 2 heterocycles. The molecule has 0 saturated carbocycles. The topological polar surface area (TPSA) is 73.9 Å². The Hall–Kier alpha value is -3.16. The number of allylic oxidation sites excluding steroid dienone is 2. The first-order chi connectivity index (χ1) is 19.0. The fourth-order valence-corrected chi connectivity index (χ4v) is 10.3. The number of cyclic esters (lactones) is 2. The average molecular weight is 562 g/mol. The molecule has 2 saturated heterocycles. The van der Waals surface area contributed by atoms with Gasteiger partial charge in [-0.2, -0.15) is 0 Å². The molecule has 0 spiro atoms. The van der Waals surface area contributed by atoms with Crippen molar-refractivity contribution in [1.82, 2.24) is 5.32 Å². The summed E-state index contributed by atoms with van der Waals surface area (Å²) in [5, 5.41) is 5.94. The van der Waals surface area contributed by atoms with Gasteiger partial charge >= 0.3 is 11.9 Å². The third-order valence-corrected chi connectivity index (χ3v) is 12.7. The summed E-state index contributed by atoms with van der Waals surface area (Å²) in [6.07, 6.45) is 9.82. The second kappa shape index (κ2) is 12.6. The van der Waals surface area contributed by atoms with Crippen molar-refractivity contribution in [3.8, 4) is 0 Å². The van der Waals surface area contributed by atoms with Gasteiger partial charge in [-0.25, -0.2) is 9.59 Å². The molecule has 6 nitrogen and oxygen atoms in total. The second-order valence-electron chi connectivity index (χ2n) is 12.1. The lowest BCUT2D eigenvalue weighted by atomic mass is 9.95. The van der Waals surface area contributed by atoms with E-state index in [1.165, 1.54) is 10.4 Å². The van der Waals surface area contributed by atoms with E-state index in [4.69, 9.17) is 13.9 Å². The van der Waals surface area contributed by atoms with Crippen LogP contribution in [-0.4, -0.2) is 38.7 Å². The van der Waals surface area contributed by atoms with Gasteiger partial charge in [-0.15, -0.1) is 0 Å². The molecule has 2 aliphatic heterocycles. The molecule has 214 valence electrons. The molecule has 7 heteroatoms. The van der Waals surface area contributed by atoms with E-state index < -0.39 is 26.0 Å². The van der Waals surface area contributed by atoms with Gasteiger partial charge in [0, 0.05) is 25.6 Å². The largest absolute Gasteiger partial charge is 0.419 e. The number of nitrogens with one attached hydrogen (secondary N) is 1. The number of carbonyl (C=O) groups excluding carboxylic acids is 2. The van der Waals surface area contributed by atoms with Crippen molar-refractivity contribution in [2.24, 2.45) is 0 Å². The zero-order chi connectivity index (χ0) is 28.8. The first kappa shape index (κ1) is 29.8. The van der Waals surface area contributed by atoms with E-state index in [-0.39, 0.29) is 16.7 Å². The highest BCUT2D eigenvalue weighted by molar-refractivity contribution is 6.99. The van der Waals surface area contributed by atoms with Crippen LogP contribution in [0.4, 0.5) is 0 Å². The number of rotatable bonds is 9. The minimum absolute atomic E-state index is 0.0180. The number of carbonyl (C=O) groups is 2. The maximum atomic E-state index is 12.5. The molecule has 2 aromatic carbocycles. The van der Waals surface area contributed by atoms with Crippen LogP contribution in [0.3, 0.4) is 0 Å². The molecule has 0 amide bonds. The summed E-state index contributed by atoms with van der Waals surface area (Å²) in [6.45, 7) is 10.6. The van der Waals surface area contributed by atoms with E-state index in [1.807, 2.05) is 0 Å². The van der Waals surface area contributed by atoms with E-state index >= 15 is 0 Å². The number of hydrogen-bond donors (Lipinski definition) is 1. The predicted molar refractivity (Wildman–Crippen MR) is 161 cm³/mol. The van der Waals surface area contributed by atoms with E-state index in [9.17, 15) is 9.59 Å². The quantitative estimate of drug-likeness (QED) is 0.109. The molecule has 0 aromatic heterocycles. The summed E-state index contributed by atoms with van der Waals surface area (Å²) in [7, 11) is -2.53. The Kier molecular flexibility index (Phi) is 9.36. The molecular weight excluding hydrogens is 518 g/mol. The van der Waals surface area contributed by atoms with Gasteiger partial charge in [0.05, 0.1) is 6.61 Å². The lowest BCUT2D eigenvalue weighted by Crippen LogP contribution is -2.66. The Morgan fingerprint density at radius 2 is 1.52 bits per heavy atom. The zero-order valence-corrected chi connectivity index (χ0v) is 25.5. The summed E-state index contributed by atoms with van der Waals surface area (Å²) < 4.78 is 17.5. The molecule has 0 bridgehead atoms. The minimum Gasteiger partial charge on any atom is -0.419 e. The van der Waals surface area contributed by atoms with Gasteiger partial charge in [-0.1, -0.05) is 93.6 Å². The number of piperidine rings is 1. The van der Waals surface area contributed by atoms with Crippen LogP contribution < -0.4 is 15.7 Å². The molecule has 2 fully saturated rings. The first-order valence-corrected chi connectivity index (χ1v) is 16.3. The van der Waals surface area contributed by atoms with Gasteiger partial charge in [-0.3, -0.25) is 0 Å². The van der Waals surface area contributed by atoms with E-state index in [0.29, 0.717) is 18.7 Å². The van der Waals surface area contributed by atoms with Gasteiger partial charge in [0.1, 0.15) is 0 Å². The highest BCUT2D eigenvalue weighted by atomic mass is 28.4. The monoisotopic (exact) mass is 561 g/mol. The Balaban J connectivity index is 1.34. The first-order valence-electron chi connectivity index (χ1n) is 14.4. The third kappa shape index (κ3) is 6.76. The fourth-order valence-electron chi connectivity index (χ4n) is 5.83. The molecule has 0 aliphatic carbocycles. The number of ether oxygens (including phenoxy) is 2. The molecule has 0 radical (unpaired) electrons. The lowest BCUT2D eigenvalue weighted by Gasteiger charge is -2.42.